The zero-order valence-corrected chi connectivity index (χ0v) is 13.9. The number of hydrogen-bond acceptors (Lipinski definition) is 2. The van der Waals surface area contributed by atoms with Gasteiger partial charge in [0.15, 0.2) is 0 Å². The third-order valence-electron chi connectivity index (χ3n) is 3.46. The number of nitrogens with one attached hydrogen (secondary N) is 1. The molecule has 0 aliphatic rings. The Morgan fingerprint density at radius 2 is 1.78 bits per heavy atom. The van der Waals surface area contributed by atoms with Crippen LogP contribution in [-0.4, -0.2) is 17.4 Å². The summed E-state index contributed by atoms with van der Waals surface area (Å²) in [6.07, 6.45) is -9.76. The van der Waals surface area contributed by atoms with Crippen LogP contribution in [0.15, 0.2) is 30.5 Å². The van der Waals surface area contributed by atoms with E-state index in [2.05, 4.69) is 10.3 Å². The minimum absolute atomic E-state index is 0.00769. The fourth-order valence-electron chi connectivity index (χ4n) is 2.24. The molecule has 27 heavy (non-hydrogen) atoms. The maximum atomic E-state index is 13.9. The molecule has 0 aliphatic carbocycles. The van der Waals surface area contributed by atoms with Crippen LogP contribution in [-0.2, 0) is 18.8 Å². The number of alkyl halides is 6. The molecule has 1 amide bonds. The molecule has 146 valence electrons. The molecule has 1 heterocycles. The molecular weight excluding hydrogens is 405 g/mol. The van der Waals surface area contributed by atoms with Crippen molar-refractivity contribution in [1.29, 1.82) is 0 Å². The molecule has 0 saturated heterocycles. The van der Waals surface area contributed by atoms with Gasteiger partial charge in [0.25, 0.3) is 5.91 Å². The first-order valence-corrected chi connectivity index (χ1v) is 7.64. The lowest BCUT2D eigenvalue weighted by atomic mass is 9.99. The van der Waals surface area contributed by atoms with E-state index in [0.717, 1.165) is 0 Å². The molecule has 11 heteroatoms. The van der Waals surface area contributed by atoms with Gasteiger partial charge in [-0.2, -0.15) is 26.3 Å². The van der Waals surface area contributed by atoms with Crippen LogP contribution in [0.3, 0.4) is 0 Å². The summed E-state index contributed by atoms with van der Waals surface area (Å²) in [6.45, 7) is -0.475. The predicted octanol–water partition coefficient (Wildman–Crippen LogP) is 4.88. The third-order valence-corrected chi connectivity index (χ3v) is 3.77. The van der Waals surface area contributed by atoms with Crippen LogP contribution in [0.25, 0.3) is 0 Å². The number of benzene rings is 1. The van der Waals surface area contributed by atoms with Gasteiger partial charge in [-0.15, -0.1) is 0 Å². The Morgan fingerprint density at radius 1 is 1.11 bits per heavy atom. The van der Waals surface area contributed by atoms with Gasteiger partial charge in [0.1, 0.15) is 11.5 Å². The highest BCUT2D eigenvalue weighted by atomic mass is 35.5. The molecule has 0 spiro atoms. The first-order valence-electron chi connectivity index (χ1n) is 7.26. The number of carbonyl (C=O) groups excluding carboxylic acids is 1. The van der Waals surface area contributed by atoms with E-state index in [1.165, 1.54) is 18.3 Å². The highest BCUT2D eigenvalue weighted by Crippen LogP contribution is 2.38. The Hall–Kier alpha value is -2.36. The van der Waals surface area contributed by atoms with Crippen molar-refractivity contribution in [3.8, 4) is 0 Å². The Kier molecular flexibility index (Phi) is 5.98. The number of hydrogen-bond donors (Lipinski definition) is 1. The van der Waals surface area contributed by atoms with Crippen molar-refractivity contribution in [1.82, 2.24) is 10.3 Å². The van der Waals surface area contributed by atoms with Crippen molar-refractivity contribution in [2.75, 3.05) is 6.54 Å². The van der Waals surface area contributed by atoms with Crippen molar-refractivity contribution >= 4 is 17.5 Å². The molecule has 1 aromatic heterocycles. The zero-order valence-electron chi connectivity index (χ0n) is 13.2. The Labute approximate surface area is 153 Å². The van der Waals surface area contributed by atoms with Gasteiger partial charge >= 0.3 is 12.4 Å². The number of aromatic nitrogens is 1. The molecule has 1 N–H and O–H groups in total. The average molecular weight is 415 g/mol. The van der Waals surface area contributed by atoms with E-state index in [1.807, 2.05) is 0 Å². The Balaban J connectivity index is 2.23. The SMILES string of the molecule is O=C(NCCc1c(F)cc(C(F)(F)F)cc1C(F)(F)F)c1ncccc1Cl. The first-order chi connectivity index (χ1) is 12.4. The fourth-order valence-corrected chi connectivity index (χ4v) is 2.45. The molecule has 2 rings (SSSR count). The van der Waals surface area contributed by atoms with Crippen LogP contribution in [0.5, 0.6) is 0 Å². The summed E-state index contributed by atoms with van der Waals surface area (Å²) in [5, 5.41) is 2.19. The molecule has 1 aromatic carbocycles. The second-order valence-electron chi connectivity index (χ2n) is 5.32. The second kappa shape index (κ2) is 7.71. The summed E-state index contributed by atoms with van der Waals surface area (Å²) < 4.78 is 91.0. The smallest absolute Gasteiger partial charge is 0.350 e. The quantitative estimate of drug-likeness (QED) is 0.724. The number of rotatable bonds is 4. The minimum Gasteiger partial charge on any atom is -0.350 e. The summed E-state index contributed by atoms with van der Waals surface area (Å²) >= 11 is 5.75. The van der Waals surface area contributed by atoms with Crippen molar-refractivity contribution in [3.63, 3.8) is 0 Å². The van der Waals surface area contributed by atoms with E-state index >= 15 is 0 Å². The van der Waals surface area contributed by atoms with E-state index in [0.29, 0.717) is 0 Å². The fraction of sp³-hybridized carbons (Fsp3) is 0.250. The molecule has 0 aliphatic heterocycles. The predicted molar refractivity (Wildman–Crippen MR) is 81.7 cm³/mol. The zero-order chi connectivity index (χ0) is 20.4. The van der Waals surface area contributed by atoms with Crippen LogP contribution in [0.2, 0.25) is 5.02 Å². The van der Waals surface area contributed by atoms with Crippen molar-refractivity contribution in [2.45, 2.75) is 18.8 Å². The molecule has 0 atom stereocenters. The van der Waals surface area contributed by atoms with Gasteiger partial charge in [-0.3, -0.25) is 4.79 Å². The number of amides is 1. The highest BCUT2D eigenvalue weighted by molar-refractivity contribution is 6.33. The van der Waals surface area contributed by atoms with Crippen LogP contribution in [0.1, 0.15) is 27.2 Å². The largest absolute Gasteiger partial charge is 0.416 e. The lowest BCUT2D eigenvalue weighted by Crippen LogP contribution is -2.28. The molecule has 0 bridgehead atoms. The van der Waals surface area contributed by atoms with E-state index in [9.17, 15) is 35.5 Å². The molecular formula is C16H10ClF7N2O. The highest BCUT2D eigenvalue weighted by Gasteiger charge is 2.39. The van der Waals surface area contributed by atoms with E-state index in [1.54, 1.807) is 0 Å². The van der Waals surface area contributed by atoms with E-state index in [4.69, 9.17) is 11.6 Å². The standard InChI is InChI=1S/C16H10ClF7N2O/c17-11-2-1-4-25-13(11)14(27)26-5-3-9-10(16(22,23)24)6-8(7-12(9)18)15(19,20)21/h1-2,4,6-7H,3,5H2,(H,26,27). The van der Waals surface area contributed by atoms with Gasteiger partial charge in [0.2, 0.25) is 0 Å². The summed E-state index contributed by atoms with van der Waals surface area (Å²) in [4.78, 5) is 15.6. The molecule has 3 nitrogen and oxygen atoms in total. The molecule has 2 aromatic rings. The minimum atomic E-state index is -5.20. The summed E-state index contributed by atoms with van der Waals surface area (Å²) in [7, 11) is 0. The van der Waals surface area contributed by atoms with E-state index < -0.39 is 53.7 Å². The normalized spacial score (nSPS) is 12.1. The van der Waals surface area contributed by atoms with Crippen LogP contribution in [0, 0.1) is 5.82 Å². The Morgan fingerprint density at radius 3 is 2.33 bits per heavy atom. The first kappa shape index (κ1) is 20.9. The molecule has 0 unspecified atom stereocenters. The molecule has 0 radical (unpaired) electrons. The van der Waals surface area contributed by atoms with Crippen LogP contribution < -0.4 is 5.32 Å². The number of nitrogens with zero attached hydrogens (tertiary/aromatic N) is 1. The number of carbonyl (C=O) groups is 1. The van der Waals surface area contributed by atoms with Crippen molar-refractivity contribution < 1.29 is 35.5 Å². The maximum Gasteiger partial charge on any atom is 0.416 e. The van der Waals surface area contributed by atoms with Gasteiger partial charge in [-0.25, -0.2) is 9.37 Å². The lowest BCUT2D eigenvalue weighted by Gasteiger charge is -2.17. The molecule has 0 saturated carbocycles. The van der Waals surface area contributed by atoms with Gasteiger partial charge in [-0.05, 0) is 30.7 Å². The average Bonchev–Trinajstić information content (AvgIpc) is 2.54. The van der Waals surface area contributed by atoms with E-state index in [-0.39, 0.29) is 22.8 Å². The third kappa shape index (κ3) is 5.09. The van der Waals surface area contributed by atoms with Crippen LogP contribution in [0.4, 0.5) is 30.7 Å². The second-order valence-corrected chi connectivity index (χ2v) is 5.73. The summed E-state index contributed by atoms with van der Waals surface area (Å²) in [6, 6.07) is 2.64. The van der Waals surface area contributed by atoms with Crippen molar-refractivity contribution in [2.24, 2.45) is 0 Å². The summed E-state index contributed by atoms with van der Waals surface area (Å²) in [5.74, 6) is -2.48. The van der Waals surface area contributed by atoms with Gasteiger partial charge in [0.05, 0.1) is 16.1 Å². The monoisotopic (exact) mass is 414 g/mol. The van der Waals surface area contributed by atoms with Crippen molar-refractivity contribution in [3.05, 3.63) is 63.7 Å². The summed E-state index contributed by atoms with van der Waals surface area (Å²) in [5.41, 5.74) is -4.67. The van der Waals surface area contributed by atoms with Gasteiger partial charge < -0.3 is 5.32 Å². The van der Waals surface area contributed by atoms with Gasteiger partial charge in [0, 0.05) is 18.3 Å². The topological polar surface area (TPSA) is 42.0 Å². The molecule has 0 fully saturated rings. The Bertz CT molecular complexity index is 850. The maximum absolute atomic E-state index is 13.9. The lowest BCUT2D eigenvalue weighted by molar-refractivity contribution is -0.143. The number of halogens is 8. The number of pyridine rings is 1. The van der Waals surface area contributed by atoms with Crippen LogP contribution >= 0.6 is 11.6 Å². The van der Waals surface area contributed by atoms with Gasteiger partial charge in [-0.1, -0.05) is 11.6 Å².